The van der Waals surface area contributed by atoms with Gasteiger partial charge in [-0.25, -0.2) is 4.39 Å². The summed E-state index contributed by atoms with van der Waals surface area (Å²) in [6, 6.07) is 18.7. The molecule has 6 heteroatoms. The van der Waals surface area contributed by atoms with Gasteiger partial charge in [0.2, 0.25) is 5.91 Å². The second kappa shape index (κ2) is 10.3. The van der Waals surface area contributed by atoms with E-state index < -0.39 is 0 Å². The Kier molecular flexibility index (Phi) is 7.47. The number of amides is 2. The van der Waals surface area contributed by atoms with Crippen LogP contribution in [0.4, 0.5) is 15.8 Å². The standard InChI is InChI=1S/C25H25FN2O2S/c1-4-23(25(30)28-22-13-8-16(2)14-17(22)3)31-21-7-5-6-20(15-21)27-24(29)18-9-11-19(26)12-10-18/h5-15,23H,4H2,1-3H3,(H,27,29)(H,28,30). The van der Waals surface area contributed by atoms with Gasteiger partial charge in [-0.05, 0) is 74.4 Å². The zero-order valence-electron chi connectivity index (χ0n) is 17.7. The van der Waals surface area contributed by atoms with E-state index in [2.05, 4.69) is 10.6 Å². The van der Waals surface area contributed by atoms with Gasteiger partial charge in [0, 0.05) is 21.8 Å². The van der Waals surface area contributed by atoms with E-state index in [1.807, 2.05) is 57.2 Å². The number of nitrogens with one attached hydrogen (secondary N) is 2. The molecule has 4 nitrogen and oxygen atoms in total. The Labute approximate surface area is 186 Å². The predicted molar refractivity (Wildman–Crippen MR) is 125 cm³/mol. The van der Waals surface area contributed by atoms with Crippen LogP contribution in [-0.4, -0.2) is 17.1 Å². The van der Waals surface area contributed by atoms with Crippen molar-refractivity contribution in [3.05, 3.63) is 89.2 Å². The lowest BCUT2D eigenvalue weighted by molar-refractivity contribution is -0.115. The van der Waals surface area contributed by atoms with Crippen LogP contribution < -0.4 is 10.6 Å². The van der Waals surface area contributed by atoms with E-state index in [0.717, 1.165) is 21.7 Å². The molecule has 0 aromatic heterocycles. The molecule has 0 aliphatic rings. The van der Waals surface area contributed by atoms with E-state index in [1.54, 1.807) is 6.07 Å². The number of hydrogen-bond acceptors (Lipinski definition) is 3. The van der Waals surface area contributed by atoms with Crippen LogP contribution in [0.2, 0.25) is 0 Å². The molecule has 0 radical (unpaired) electrons. The number of carbonyl (C=O) groups excluding carboxylic acids is 2. The highest BCUT2D eigenvalue weighted by molar-refractivity contribution is 8.00. The third kappa shape index (κ3) is 6.18. The van der Waals surface area contributed by atoms with Crippen molar-refractivity contribution < 1.29 is 14.0 Å². The monoisotopic (exact) mass is 436 g/mol. The second-order valence-electron chi connectivity index (χ2n) is 7.31. The average Bonchev–Trinajstić information content (AvgIpc) is 2.74. The minimum atomic E-state index is -0.389. The summed E-state index contributed by atoms with van der Waals surface area (Å²) in [5.74, 6) is -0.762. The molecule has 0 fully saturated rings. The minimum Gasteiger partial charge on any atom is -0.325 e. The van der Waals surface area contributed by atoms with Crippen molar-refractivity contribution in [1.29, 1.82) is 0 Å². The lowest BCUT2D eigenvalue weighted by atomic mass is 10.1. The molecule has 2 N–H and O–H groups in total. The molecule has 1 unspecified atom stereocenters. The highest BCUT2D eigenvalue weighted by Crippen LogP contribution is 2.29. The van der Waals surface area contributed by atoms with Crippen LogP contribution in [0.5, 0.6) is 0 Å². The van der Waals surface area contributed by atoms with E-state index in [1.165, 1.54) is 36.0 Å². The van der Waals surface area contributed by atoms with Gasteiger partial charge in [-0.3, -0.25) is 9.59 Å². The van der Waals surface area contributed by atoms with Crippen LogP contribution in [-0.2, 0) is 4.79 Å². The van der Waals surface area contributed by atoms with E-state index in [0.29, 0.717) is 17.7 Å². The maximum atomic E-state index is 13.1. The van der Waals surface area contributed by atoms with Crippen molar-refractivity contribution in [2.45, 2.75) is 37.3 Å². The normalized spacial score (nSPS) is 11.6. The summed E-state index contributed by atoms with van der Waals surface area (Å²) in [7, 11) is 0. The Morgan fingerprint density at radius 1 is 0.968 bits per heavy atom. The molecule has 1 atom stereocenters. The number of rotatable bonds is 7. The SMILES string of the molecule is CCC(Sc1cccc(NC(=O)c2ccc(F)cc2)c1)C(=O)Nc1ccc(C)cc1C. The summed E-state index contributed by atoms with van der Waals surface area (Å²) < 4.78 is 13.1. The van der Waals surface area contributed by atoms with Gasteiger partial charge < -0.3 is 10.6 Å². The first-order valence-electron chi connectivity index (χ1n) is 10.1. The third-order valence-electron chi connectivity index (χ3n) is 4.78. The highest BCUT2D eigenvalue weighted by Gasteiger charge is 2.19. The van der Waals surface area contributed by atoms with Gasteiger partial charge in [-0.2, -0.15) is 0 Å². The molecule has 0 aliphatic carbocycles. The summed E-state index contributed by atoms with van der Waals surface area (Å²) in [6.07, 6.45) is 0.660. The molecule has 0 spiro atoms. The van der Waals surface area contributed by atoms with Gasteiger partial charge in [0.1, 0.15) is 5.82 Å². The van der Waals surface area contributed by atoms with Gasteiger partial charge in [0.25, 0.3) is 5.91 Å². The first kappa shape index (κ1) is 22.6. The summed E-state index contributed by atoms with van der Waals surface area (Å²) in [5.41, 5.74) is 3.98. The molecule has 3 rings (SSSR count). The fourth-order valence-corrected chi connectivity index (χ4v) is 4.12. The molecule has 31 heavy (non-hydrogen) atoms. The van der Waals surface area contributed by atoms with Crippen LogP contribution in [0.25, 0.3) is 0 Å². The molecule has 3 aromatic carbocycles. The summed E-state index contributed by atoms with van der Waals surface area (Å²) in [5, 5.41) is 5.56. The number of halogens is 1. The van der Waals surface area contributed by atoms with E-state index in [4.69, 9.17) is 0 Å². The van der Waals surface area contributed by atoms with Crippen LogP contribution in [0.1, 0.15) is 34.8 Å². The lowest BCUT2D eigenvalue weighted by Gasteiger charge is -2.17. The lowest BCUT2D eigenvalue weighted by Crippen LogP contribution is -2.25. The van der Waals surface area contributed by atoms with E-state index in [-0.39, 0.29) is 22.9 Å². The third-order valence-corrected chi connectivity index (χ3v) is 6.14. The number of anilines is 2. The van der Waals surface area contributed by atoms with Crippen LogP contribution in [0.15, 0.2) is 71.6 Å². The molecule has 0 saturated heterocycles. The van der Waals surface area contributed by atoms with E-state index in [9.17, 15) is 14.0 Å². The summed E-state index contributed by atoms with van der Waals surface area (Å²) >= 11 is 1.45. The van der Waals surface area contributed by atoms with Gasteiger partial charge in [0.15, 0.2) is 0 Å². The van der Waals surface area contributed by atoms with Crippen molar-refractivity contribution in [2.75, 3.05) is 10.6 Å². The first-order valence-corrected chi connectivity index (χ1v) is 11.0. The summed E-state index contributed by atoms with van der Waals surface area (Å²) in [6.45, 7) is 5.97. The maximum Gasteiger partial charge on any atom is 0.255 e. The van der Waals surface area contributed by atoms with Crippen LogP contribution in [0, 0.1) is 19.7 Å². The Morgan fingerprint density at radius 2 is 1.71 bits per heavy atom. The highest BCUT2D eigenvalue weighted by atomic mass is 32.2. The number of thioether (sulfide) groups is 1. The number of hydrogen-bond donors (Lipinski definition) is 2. The van der Waals surface area contributed by atoms with Gasteiger partial charge >= 0.3 is 0 Å². The molecule has 2 amide bonds. The molecule has 0 heterocycles. The van der Waals surface area contributed by atoms with Crippen molar-refractivity contribution in [1.82, 2.24) is 0 Å². The number of carbonyl (C=O) groups is 2. The van der Waals surface area contributed by atoms with Crippen molar-refractivity contribution >= 4 is 35.0 Å². The fourth-order valence-electron chi connectivity index (χ4n) is 3.11. The molecule has 3 aromatic rings. The zero-order chi connectivity index (χ0) is 22.4. The molecular formula is C25H25FN2O2S. The minimum absolute atomic E-state index is 0.0554. The van der Waals surface area contributed by atoms with Crippen LogP contribution in [0.3, 0.4) is 0 Å². The second-order valence-corrected chi connectivity index (χ2v) is 8.59. The Hall–Kier alpha value is -3.12. The smallest absolute Gasteiger partial charge is 0.255 e. The van der Waals surface area contributed by atoms with Gasteiger partial charge in [-0.15, -0.1) is 11.8 Å². The molecular weight excluding hydrogens is 411 g/mol. The van der Waals surface area contributed by atoms with Crippen LogP contribution >= 0.6 is 11.8 Å². The first-order chi connectivity index (χ1) is 14.9. The number of benzene rings is 3. The molecule has 0 aliphatic heterocycles. The van der Waals surface area contributed by atoms with Crippen molar-refractivity contribution in [2.24, 2.45) is 0 Å². The van der Waals surface area contributed by atoms with Crippen molar-refractivity contribution in [3.63, 3.8) is 0 Å². The maximum absolute atomic E-state index is 13.1. The van der Waals surface area contributed by atoms with Gasteiger partial charge in [-0.1, -0.05) is 30.7 Å². The quantitative estimate of drug-likeness (QED) is 0.433. The molecule has 160 valence electrons. The zero-order valence-corrected chi connectivity index (χ0v) is 18.6. The van der Waals surface area contributed by atoms with Crippen molar-refractivity contribution in [3.8, 4) is 0 Å². The van der Waals surface area contributed by atoms with Gasteiger partial charge in [0.05, 0.1) is 5.25 Å². The Morgan fingerprint density at radius 3 is 2.39 bits per heavy atom. The Balaban J connectivity index is 1.67. The predicted octanol–water partition coefficient (Wildman–Crippen LogP) is 6.20. The molecule has 0 bridgehead atoms. The average molecular weight is 437 g/mol. The largest absolute Gasteiger partial charge is 0.325 e. The number of aryl methyl sites for hydroxylation is 2. The summed E-state index contributed by atoms with van der Waals surface area (Å²) in [4.78, 5) is 26.1. The fraction of sp³-hybridized carbons (Fsp3) is 0.200. The van der Waals surface area contributed by atoms with E-state index >= 15 is 0 Å². The molecule has 0 saturated carbocycles. The topological polar surface area (TPSA) is 58.2 Å². The Bertz CT molecular complexity index is 1080.